The maximum absolute atomic E-state index is 13.4. The molecule has 4 aromatic rings. The Kier molecular flexibility index (Phi) is 5.87. The molecule has 0 unspecified atom stereocenters. The van der Waals surface area contributed by atoms with Crippen molar-refractivity contribution in [3.8, 4) is 0 Å². The molecule has 0 amide bonds. The van der Waals surface area contributed by atoms with Crippen LogP contribution in [-0.2, 0) is 16.6 Å². The molecule has 0 aliphatic rings. The Bertz CT molecular complexity index is 1640. The van der Waals surface area contributed by atoms with Crippen molar-refractivity contribution in [1.29, 1.82) is 0 Å². The van der Waals surface area contributed by atoms with Gasteiger partial charge in [0, 0.05) is 10.0 Å². The van der Waals surface area contributed by atoms with Gasteiger partial charge in [0.2, 0.25) is 0 Å². The van der Waals surface area contributed by atoms with Gasteiger partial charge in [-0.2, -0.15) is 0 Å². The molecular formula is C22H14Cl2N2O6S. The minimum atomic E-state index is -4.57. The van der Waals surface area contributed by atoms with Crippen molar-refractivity contribution in [2.24, 2.45) is 0 Å². The number of aromatic carboxylic acids is 1. The van der Waals surface area contributed by atoms with Gasteiger partial charge in [-0.3, -0.25) is 9.36 Å². The van der Waals surface area contributed by atoms with Gasteiger partial charge in [0.15, 0.2) is 0 Å². The highest BCUT2D eigenvalue weighted by atomic mass is 35.5. The van der Waals surface area contributed by atoms with Crippen molar-refractivity contribution in [1.82, 2.24) is 8.54 Å². The minimum Gasteiger partial charge on any atom is -0.478 e. The van der Waals surface area contributed by atoms with Crippen LogP contribution in [0.3, 0.4) is 0 Å². The third kappa shape index (κ3) is 4.18. The second kappa shape index (κ2) is 8.51. The summed E-state index contributed by atoms with van der Waals surface area (Å²) in [5.74, 6) is -1.16. The van der Waals surface area contributed by atoms with Gasteiger partial charge in [0.1, 0.15) is 0 Å². The highest BCUT2D eigenvalue weighted by molar-refractivity contribution is 7.90. The maximum atomic E-state index is 13.4. The van der Waals surface area contributed by atoms with Crippen molar-refractivity contribution >= 4 is 50.1 Å². The first-order valence-electron chi connectivity index (χ1n) is 9.38. The van der Waals surface area contributed by atoms with E-state index in [4.69, 9.17) is 23.2 Å². The molecular weight excluding hydrogens is 491 g/mol. The molecule has 0 radical (unpaired) electrons. The Balaban J connectivity index is 2.03. The zero-order valence-corrected chi connectivity index (χ0v) is 18.9. The molecule has 0 bridgehead atoms. The largest absolute Gasteiger partial charge is 0.478 e. The number of rotatable bonds is 5. The summed E-state index contributed by atoms with van der Waals surface area (Å²) in [5.41, 5.74) is -1.64. The number of carbonyl (C=O) groups is 1. The average Bonchev–Trinajstić information content (AvgIpc) is 2.77. The summed E-state index contributed by atoms with van der Waals surface area (Å²) in [5, 5.41) is 9.71. The van der Waals surface area contributed by atoms with Crippen LogP contribution in [0.2, 0.25) is 10.0 Å². The lowest BCUT2D eigenvalue weighted by atomic mass is 10.1. The molecule has 168 valence electrons. The first-order chi connectivity index (χ1) is 15.6. The number of hydrogen-bond acceptors (Lipinski definition) is 5. The standard InChI is InChI=1S/C22H14Cl2N2O6S/c23-15-4-7-17(8-5-15)33(31,32)26-20(27)18-9-6-16(24)11-19(18)25(22(26)30)12-13-2-1-3-14(10-13)21(28)29/h1-11H,12H2,(H,28,29). The molecule has 0 aliphatic carbocycles. The monoisotopic (exact) mass is 504 g/mol. The van der Waals surface area contributed by atoms with Crippen molar-refractivity contribution in [3.63, 3.8) is 0 Å². The lowest BCUT2D eigenvalue weighted by Gasteiger charge is -2.15. The molecule has 11 heteroatoms. The number of carboxylic acids is 1. The summed E-state index contributed by atoms with van der Waals surface area (Å²) >= 11 is 11.9. The molecule has 1 heterocycles. The van der Waals surface area contributed by atoms with E-state index in [0.717, 1.165) is 4.57 Å². The Morgan fingerprint density at radius 2 is 1.58 bits per heavy atom. The molecule has 0 atom stereocenters. The van der Waals surface area contributed by atoms with Gasteiger partial charge in [-0.15, -0.1) is 3.97 Å². The summed E-state index contributed by atoms with van der Waals surface area (Å²) in [7, 11) is -4.57. The lowest BCUT2D eigenvalue weighted by Crippen LogP contribution is -2.44. The molecule has 0 saturated heterocycles. The van der Waals surface area contributed by atoms with E-state index in [1.807, 2.05) is 0 Å². The number of hydrogen-bond donors (Lipinski definition) is 1. The van der Waals surface area contributed by atoms with Crippen LogP contribution < -0.4 is 11.2 Å². The van der Waals surface area contributed by atoms with Crippen LogP contribution in [0.25, 0.3) is 10.9 Å². The van der Waals surface area contributed by atoms with Gasteiger partial charge in [-0.25, -0.2) is 18.0 Å². The predicted molar refractivity (Wildman–Crippen MR) is 124 cm³/mol. The number of nitrogens with zero attached hydrogens (tertiary/aromatic N) is 2. The smallest absolute Gasteiger partial charge is 0.346 e. The first kappa shape index (κ1) is 22.8. The van der Waals surface area contributed by atoms with E-state index >= 15 is 0 Å². The van der Waals surface area contributed by atoms with E-state index in [1.165, 1.54) is 60.7 Å². The summed E-state index contributed by atoms with van der Waals surface area (Å²) in [4.78, 5) is 37.5. The van der Waals surface area contributed by atoms with Gasteiger partial charge in [-0.05, 0) is 60.2 Å². The zero-order chi connectivity index (χ0) is 23.9. The average molecular weight is 505 g/mol. The molecule has 0 saturated carbocycles. The number of aromatic nitrogens is 2. The molecule has 0 spiro atoms. The Morgan fingerprint density at radius 3 is 2.24 bits per heavy atom. The molecule has 1 N–H and O–H groups in total. The lowest BCUT2D eigenvalue weighted by molar-refractivity contribution is 0.0696. The molecule has 0 aliphatic heterocycles. The van der Waals surface area contributed by atoms with Gasteiger partial charge < -0.3 is 5.11 Å². The fourth-order valence-electron chi connectivity index (χ4n) is 3.38. The Labute approximate surface area is 196 Å². The van der Waals surface area contributed by atoms with Crippen molar-refractivity contribution in [2.75, 3.05) is 0 Å². The summed E-state index contributed by atoms with van der Waals surface area (Å²) < 4.78 is 27.8. The number of halogens is 2. The molecule has 1 aromatic heterocycles. The van der Waals surface area contributed by atoms with Gasteiger partial charge in [0.25, 0.3) is 15.6 Å². The number of fused-ring (bicyclic) bond motifs is 1. The first-order valence-corrected chi connectivity index (χ1v) is 11.6. The molecule has 4 rings (SSSR count). The summed E-state index contributed by atoms with van der Waals surface area (Å²) in [6.45, 7) is -0.201. The fourth-order valence-corrected chi connectivity index (χ4v) is 4.98. The topological polar surface area (TPSA) is 115 Å². The highest BCUT2D eigenvalue weighted by Crippen LogP contribution is 2.20. The normalized spacial score (nSPS) is 11.6. The quantitative estimate of drug-likeness (QED) is 0.444. The molecule has 0 fully saturated rings. The third-order valence-electron chi connectivity index (χ3n) is 4.94. The highest BCUT2D eigenvalue weighted by Gasteiger charge is 2.25. The molecule has 3 aromatic carbocycles. The van der Waals surface area contributed by atoms with E-state index in [-0.39, 0.29) is 41.9 Å². The van der Waals surface area contributed by atoms with Gasteiger partial charge in [-0.1, -0.05) is 35.3 Å². The zero-order valence-electron chi connectivity index (χ0n) is 16.6. The van der Waals surface area contributed by atoms with E-state index in [9.17, 15) is 27.9 Å². The van der Waals surface area contributed by atoms with Crippen LogP contribution in [-0.4, -0.2) is 28.0 Å². The van der Waals surface area contributed by atoms with Crippen LogP contribution >= 0.6 is 23.2 Å². The van der Waals surface area contributed by atoms with Crippen LogP contribution in [0.4, 0.5) is 0 Å². The van der Waals surface area contributed by atoms with Crippen molar-refractivity contribution in [2.45, 2.75) is 11.4 Å². The number of benzene rings is 3. The van der Waals surface area contributed by atoms with Gasteiger partial charge in [0.05, 0.1) is 27.9 Å². The minimum absolute atomic E-state index is 0.00926. The Hall–Kier alpha value is -3.40. The SMILES string of the molecule is O=C(O)c1cccc(Cn2c(=O)n(S(=O)(=O)c3ccc(Cl)cc3)c(=O)c3ccc(Cl)cc32)c1. The maximum Gasteiger partial charge on any atom is 0.346 e. The van der Waals surface area contributed by atoms with E-state index in [1.54, 1.807) is 6.07 Å². The molecule has 8 nitrogen and oxygen atoms in total. The Morgan fingerprint density at radius 1 is 0.909 bits per heavy atom. The second-order valence-electron chi connectivity index (χ2n) is 7.06. The van der Waals surface area contributed by atoms with Crippen molar-refractivity contribution in [3.05, 3.63) is 109 Å². The van der Waals surface area contributed by atoms with Crippen molar-refractivity contribution < 1.29 is 18.3 Å². The third-order valence-corrected chi connectivity index (χ3v) is 7.09. The predicted octanol–water partition coefficient (Wildman–Crippen LogP) is 3.45. The van der Waals surface area contributed by atoms with Crippen LogP contribution in [0, 0.1) is 0 Å². The summed E-state index contributed by atoms with van der Waals surface area (Å²) in [6, 6.07) is 15.0. The van der Waals surface area contributed by atoms with E-state index in [0.29, 0.717) is 5.56 Å². The van der Waals surface area contributed by atoms with E-state index in [2.05, 4.69) is 0 Å². The van der Waals surface area contributed by atoms with E-state index < -0.39 is 27.2 Å². The van der Waals surface area contributed by atoms with Crippen LogP contribution in [0.1, 0.15) is 15.9 Å². The van der Waals surface area contributed by atoms with Crippen LogP contribution in [0.5, 0.6) is 0 Å². The summed E-state index contributed by atoms with van der Waals surface area (Å²) in [6.07, 6.45) is 0. The number of carboxylic acid groups (broad SMARTS) is 1. The molecule has 33 heavy (non-hydrogen) atoms. The van der Waals surface area contributed by atoms with Crippen LogP contribution in [0.15, 0.2) is 81.2 Å². The fraction of sp³-hybridized carbons (Fsp3) is 0.0455. The van der Waals surface area contributed by atoms with Gasteiger partial charge >= 0.3 is 11.7 Å². The second-order valence-corrected chi connectivity index (χ2v) is 9.72.